The summed E-state index contributed by atoms with van der Waals surface area (Å²) >= 11 is 6.62. The van der Waals surface area contributed by atoms with Gasteiger partial charge in [0.2, 0.25) is 0 Å². The second-order valence-electron chi connectivity index (χ2n) is 3.65. The third-order valence-electron chi connectivity index (χ3n) is 2.20. The predicted molar refractivity (Wildman–Crippen MR) is 81.1 cm³/mol. The number of rotatable bonds is 3. The molecule has 0 aliphatic rings. The van der Waals surface area contributed by atoms with E-state index in [1.54, 1.807) is 18.5 Å². The van der Waals surface area contributed by atoms with E-state index in [-0.39, 0.29) is 5.91 Å². The SMILES string of the molecule is O=C(NN=Cc1cccc(Br)c1)c1cncc(Br)c1. The van der Waals surface area contributed by atoms with Crippen LogP contribution in [0, 0.1) is 0 Å². The van der Waals surface area contributed by atoms with E-state index in [9.17, 15) is 4.79 Å². The number of amides is 1. The summed E-state index contributed by atoms with van der Waals surface area (Å²) in [7, 11) is 0. The zero-order chi connectivity index (χ0) is 13.7. The van der Waals surface area contributed by atoms with E-state index in [4.69, 9.17) is 0 Å². The summed E-state index contributed by atoms with van der Waals surface area (Å²) in [6, 6.07) is 9.28. The molecule has 1 N–H and O–H groups in total. The average molecular weight is 383 g/mol. The number of carbonyl (C=O) groups excluding carboxylic acids is 1. The van der Waals surface area contributed by atoms with Crippen molar-refractivity contribution < 1.29 is 4.79 Å². The van der Waals surface area contributed by atoms with Crippen LogP contribution >= 0.6 is 31.9 Å². The van der Waals surface area contributed by atoms with Crippen molar-refractivity contribution in [2.45, 2.75) is 0 Å². The van der Waals surface area contributed by atoms with Crippen molar-refractivity contribution >= 4 is 44.0 Å². The van der Waals surface area contributed by atoms with Crippen LogP contribution in [0.4, 0.5) is 0 Å². The fourth-order valence-corrected chi connectivity index (χ4v) is 2.13. The van der Waals surface area contributed by atoms with Gasteiger partial charge in [0.15, 0.2) is 0 Å². The Morgan fingerprint density at radius 2 is 2.05 bits per heavy atom. The monoisotopic (exact) mass is 381 g/mol. The Morgan fingerprint density at radius 3 is 2.79 bits per heavy atom. The molecule has 0 aliphatic heterocycles. The van der Waals surface area contributed by atoms with Crippen LogP contribution in [0.3, 0.4) is 0 Å². The third-order valence-corrected chi connectivity index (χ3v) is 3.12. The molecule has 1 amide bonds. The van der Waals surface area contributed by atoms with Gasteiger partial charge in [-0.1, -0.05) is 28.1 Å². The molecular weight excluding hydrogens is 374 g/mol. The van der Waals surface area contributed by atoms with Gasteiger partial charge in [-0.3, -0.25) is 9.78 Å². The highest BCUT2D eigenvalue weighted by Crippen LogP contribution is 2.10. The molecule has 96 valence electrons. The van der Waals surface area contributed by atoms with Crippen LogP contribution in [0.5, 0.6) is 0 Å². The van der Waals surface area contributed by atoms with Gasteiger partial charge in [-0.25, -0.2) is 5.43 Å². The van der Waals surface area contributed by atoms with Gasteiger partial charge in [-0.15, -0.1) is 0 Å². The van der Waals surface area contributed by atoms with Crippen LogP contribution in [-0.4, -0.2) is 17.1 Å². The molecular formula is C13H9Br2N3O. The largest absolute Gasteiger partial charge is 0.272 e. The molecule has 0 aliphatic carbocycles. The fourth-order valence-electron chi connectivity index (χ4n) is 1.35. The molecule has 2 rings (SSSR count). The molecule has 1 aromatic heterocycles. The summed E-state index contributed by atoms with van der Waals surface area (Å²) in [4.78, 5) is 15.7. The molecule has 4 nitrogen and oxygen atoms in total. The lowest BCUT2D eigenvalue weighted by Crippen LogP contribution is -2.17. The minimum Gasteiger partial charge on any atom is -0.267 e. The van der Waals surface area contributed by atoms with Gasteiger partial charge in [-0.2, -0.15) is 5.10 Å². The molecule has 2 aromatic rings. The Bertz CT molecular complexity index is 629. The van der Waals surface area contributed by atoms with Crippen LogP contribution in [-0.2, 0) is 0 Å². The lowest BCUT2D eigenvalue weighted by Gasteiger charge is -1.99. The van der Waals surface area contributed by atoms with Crippen molar-refractivity contribution in [3.05, 3.63) is 62.8 Å². The van der Waals surface area contributed by atoms with Gasteiger partial charge in [0.1, 0.15) is 0 Å². The maximum atomic E-state index is 11.8. The zero-order valence-corrected chi connectivity index (χ0v) is 12.8. The molecule has 0 unspecified atom stereocenters. The molecule has 0 saturated heterocycles. The lowest BCUT2D eigenvalue weighted by atomic mass is 10.2. The number of carbonyl (C=O) groups is 1. The minimum atomic E-state index is -0.306. The van der Waals surface area contributed by atoms with Crippen molar-refractivity contribution in [2.24, 2.45) is 5.10 Å². The summed E-state index contributed by atoms with van der Waals surface area (Å²) in [5.74, 6) is -0.306. The summed E-state index contributed by atoms with van der Waals surface area (Å²) in [5.41, 5.74) is 3.78. The Hall–Kier alpha value is -1.53. The molecule has 1 heterocycles. The Morgan fingerprint density at radius 1 is 1.21 bits per heavy atom. The van der Waals surface area contributed by atoms with E-state index in [1.165, 1.54) is 6.20 Å². The quantitative estimate of drug-likeness (QED) is 0.653. The smallest absolute Gasteiger partial charge is 0.267 e. The van der Waals surface area contributed by atoms with E-state index in [1.807, 2.05) is 24.3 Å². The highest BCUT2D eigenvalue weighted by molar-refractivity contribution is 9.10. The maximum Gasteiger partial charge on any atom is 0.272 e. The number of hydrogen-bond acceptors (Lipinski definition) is 3. The second kappa shape index (κ2) is 6.58. The average Bonchev–Trinajstić information content (AvgIpc) is 2.38. The lowest BCUT2D eigenvalue weighted by molar-refractivity contribution is 0.0954. The van der Waals surface area contributed by atoms with E-state index in [2.05, 4.69) is 47.4 Å². The van der Waals surface area contributed by atoms with Crippen molar-refractivity contribution in [3.8, 4) is 0 Å². The van der Waals surface area contributed by atoms with Crippen molar-refractivity contribution in [2.75, 3.05) is 0 Å². The number of nitrogens with one attached hydrogen (secondary N) is 1. The number of hydrazone groups is 1. The van der Waals surface area contributed by atoms with E-state index >= 15 is 0 Å². The third kappa shape index (κ3) is 4.25. The Kier molecular flexibility index (Phi) is 4.81. The summed E-state index contributed by atoms with van der Waals surface area (Å²) in [5, 5.41) is 3.90. The van der Waals surface area contributed by atoms with Gasteiger partial charge in [0.05, 0.1) is 11.8 Å². The van der Waals surface area contributed by atoms with Crippen LogP contribution < -0.4 is 5.43 Å². The first-order chi connectivity index (χ1) is 9.15. The first kappa shape index (κ1) is 13.9. The highest BCUT2D eigenvalue weighted by atomic mass is 79.9. The molecule has 0 radical (unpaired) electrons. The van der Waals surface area contributed by atoms with Crippen LogP contribution in [0.1, 0.15) is 15.9 Å². The number of nitrogens with zero attached hydrogens (tertiary/aromatic N) is 2. The van der Waals surface area contributed by atoms with Gasteiger partial charge < -0.3 is 0 Å². The summed E-state index contributed by atoms with van der Waals surface area (Å²) in [6.07, 6.45) is 4.67. The zero-order valence-electron chi connectivity index (χ0n) is 9.68. The fraction of sp³-hybridized carbons (Fsp3) is 0. The number of pyridine rings is 1. The number of halogens is 2. The highest BCUT2D eigenvalue weighted by Gasteiger charge is 2.04. The van der Waals surface area contributed by atoms with E-state index < -0.39 is 0 Å². The Labute approximate surface area is 127 Å². The molecule has 0 spiro atoms. The van der Waals surface area contributed by atoms with Gasteiger partial charge in [-0.05, 0) is 39.7 Å². The van der Waals surface area contributed by atoms with E-state index in [0.29, 0.717) is 5.56 Å². The molecule has 6 heteroatoms. The normalized spacial score (nSPS) is 10.6. The van der Waals surface area contributed by atoms with Crippen LogP contribution in [0.2, 0.25) is 0 Å². The maximum absolute atomic E-state index is 11.8. The van der Waals surface area contributed by atoms with Crippen molar-refractivity contribution in [1.82, 2.24) is 10.4 Å². The van der Waals surface area contributed by atoms with Gasteiger partial charge >= 0.3 is 0 Å². The predicted octanol–water partition coefficient (Wildman–Crippen LogP) is 3.37. The summed E-state index contributed by atoms with van der Waals surface area (Å²) in [6.45, 7) is 0. The van der Waals surface area contributed by atoms with Crippen molar-refractivity contribution in [1.29, 1.82) is 0 Å². The standard InChI is InChI=1S/C13H9Br2N3O/c14-11-3-1-2-9(4-11)6-17-18-13(19)10-5-12(15)8-16-7-10/h1-8H,(H,18,19). The van der Waals surface area contributed by atoms with Crippen LogP contribution in [0.15, 0.2) is 56.8 Å². The molecule has 1 aromatic carbocycles. The molecule has 0 atom stereocenters. The first-order valence-corrected chi connectivity index (χ1v) is 6.93. The van der Waals surface area contributed by atoms with Crippen molar-refractivity contribution in [3.63, 3.8) is 0 Å². The number of hydrogen-bond donors (Lipinski definition) is 1. The first-order valence-electron chi connectivity index (χ1n) is 5.35. The summed E-state index contributed by atoms with van der Waals surface area (Å²) < 4.78 is 1.70. The molecule has 0 fully saturated rings. The van der Waals surface area contributed by atoms with Crippen LogP contribution in [0.25, 0.3) is 0 Å². The van der Waals surface area contributed by atoms with Gasteiger partial charge in [0.25, 0.3) is 5.91 Å². The number of benzene rings is 1. The topological polar surface area (TPSA) is 54.4 Å². The second-order valence-corrected chi connectivity index (χ2v) is 5.48. The molecule has 0 saturated carbocycles. The Balaban J connectivity index is 2.01. The molecule has 0 bridgehead atoms. The van der Waals surface area contributed by atoms with Gasteiger partial charge in [0, 0.05) is 21.3 Å². The van der Waals surface area contributed by atoms with E-state index in [0.717, 1.165) is 14.5 Å². The minimum absolute atomic E-state index is 0.306. The molecule has 19 heavy (non-hydrogen) atoms. The number of aromatic nitrogens is 1.